The lowest BCUT2D eigenvalue weighted by atomic mass is 10.0. The smallest absolute Gasteiger partial charge is 0.0893 e. The predicted octanol–water partition coefficient (Wildman–Crippen LogP) is 3.62. The van der Waals surface area contributed by atoms with Crippen molar-refractivity contribution in [1.82, 2.24) is 9.97 Å². The van der Waals surface area contributed by atoms with E-state index in [1.165, 1.54) is 5.56 Å². The molecule has 1 aromatic carbocycles. The van der Waals surface area contributed by atoms with Crippen molar-refractivity contribution >= 4 is 11.0 Å². The van der Waals surface area contributed by atoms with E-state index in [0.29, 0.717) is 5.92 Å². The van der Waals surface area contributed by atoms with Crippen LogP contribution in [-0.2, 0) is 6.42 Å². The highest BCUT2D eigenvalue weighted by molar-refractivity contribution is 5.75. The lowest BCUT2D eigenvalue weighted by Gasteiger charge is -2.08. The summed E-state index contributed by atoms with van der Waals surface area (Å²) in [6.45, 7) is 8.55. The zero-order chi connectivity index (χ0) is 11.7. The highest BCUT2D eigenvalue weighted by Crippen LogP contribution is 2.20. The first-order chi connectivity index (χ1) is 7.61. The van der Waals surface area contributed by atoms with Crippen LogP contribution < -0.4 is 0 Å². The van der Waals surface area contributed by atoms with Gasteiger partial charge in [-0.3, -0.25) is 0 Å². The van der Waals surface area contributed by atoms with E-state index >= 15 is 0 Å². The number of aryl methyl sites for hydroxylation is 2. The average Bonchev–Trinajstić information content (AvgIpc) is 2.27. The maximum Gasteiger partial charge on any atom is 0.0893 e. The Balaban J connectivity index is 2.63. The molecule has 0 radical (unpaired) electrons. The number of fused-ring (bicyclic) bond motifs is 1. The van der Waals surface area contributed by atoms with Crippen LogP contribution in [0.15, 0.2) is 18.2 Å². The molecule has 0 aliphatic carbocycles. The monoisotopic (exact) mass is 214 g/mol. The molecule has 0 N–H and O–H groups in total. The SMILES string of the molecule is CCc1nc2cc(C(C)C)ccc2nc1C. The van der Waals surface area contributed by atoms with Crippen LogP contribution in [-0.4, -0.2) is 9.97 Å². The zero-order valence-electron chi connectivity index (χ0n) is 10.4. The predicted molar refractivity (Wildman–Crippen MR) is 67.7 cm³/mol. The minimum atomic E-state index is 0.539. The van der Waals surface area contributed by atoms with Crippen molar-refractivity contribution in [2.75, 3.05) is 0 Å². The summed E-state index contributed by atoms with van der Waals surface area (Å²) in [5, 5.41) is 0. The molecule has 0 unspecified atom stereocenters. The Morgan fingerprint density at radius 3 is 2.50 bits per heavy atom. The van der Waals surface area contributed by atoms with Crippen molar-refractivity contribution in [2.45, 2.75) is 40.0 Å². The van der Waals surface area contributed by atoms with Crippen molar-refractivity contribution in [3.63, 3.8) is 0 Å². The van der Waals surface area contributed by atoms with Crippen molar-refractivity contribution < 1.29 is 0 Å². The van der Waals surface area contributed by atoms with E-state index in [0.717, 1.165) is 28.8 Å². The number of aromatic nitrogens is 2. The van der Waals surface area contributed by atoms with Crippen molar-refractivity contribution in [2.24, 2.45) is 0 Å². The molecule has 0 aliphatic heterocycles. The van der Waals surface area contributed by atoms with Crippen LogP contribution in [0.1, 0.15) is 43.6 Å². The van der Waals surface area contributed by atoms with Gasteiger partial charge in [-0.15, -0.1) is 0 Å². The minimum absolute atomic E-state index is 0.539. The Hall–Kier alpha value is -1.44. The molecule has 2 nitrogen and oxygen atoms in total. The second-order valence-electron chi connectivity index (χ2n) is 4.51. The maximum atomic E-state index is 4.67. The molecule has 0 spiro atoms. The van der Waals surface area contributed by atoms with Gasteiger partial charge in [-0.1, -0.05) is 26.8 Å². The van der Waals surface area contributed by atoms with E-state index in [1.54, 1.807) is 0 Å². The van der Waals surface area contributed by atoms with Crippen LogP contribution in [0, 0.1) is 6.92 Å². The normalized spacial score (nSPS) is 11.3. The van der Waals surface area contributed by atoms with Gasteiger partial charge in [0.25, 0.3) is 0 Å². The summed E-state index contributed by atoms with van der Waals surface area (Å²) in [5.74, 6) is 0.539. The van der Waals surface area contributed by atoms with Gasteiger partial charge >= 0.3 is 0 Å². The molecule has 16 heavy (non-hydrogen) atoms. The molecule has 1 aromatic heterocycles. The molecule has 0 saturated heterocycles. The van der Waals surface area contributed by atoms with Crippen LogP contribution >= 0.6 is 0 Å². The summed E-state index contributed by atoms with van der Waals surface area (Å²) >= 11 is 0. The summed E-state index contributed by atoms with van der Waals surface area (Å²) < 4.78 is 0. The van der Waals surface area contributed by atoms with Gasteiger partial charge < -0.3 is 0 Å². The third-order valence-corrected chi connectivity index (χ3v) is 2.96. The Morgan fingerprint density at radius 1 is 1.12 bits per heavy atom. The van der Waals surface area contributed by atoms with Gasteiger partial charge in [0.2, 0.25) is 0 Å². The molecule has 0 aliphatic rings. The fourth-order valence-electron chi connectivity index (χ4n) is 1.89. The van der Waals surface area contributed by atoms with Crippen LogP contribution in [0.5, 0.6) is 0 Å². The summed E-state index contributed by atoms with van der Waals surface area (Å²) in [6, 6.07) is 6.38. The summed E-state index contributed by atoms with van der Waals surface area (Å²) in [7, 11) is 0. The molecular formula is C14H18N2. The molecule has 0 amide bonds. The van der Waals surface area contributed by atoms with Crippen molar-refractivity contribution in [1.29, 1.82) is 0 Å². The van der Waals surface area contributed by atoms with E-state index in [1.807, 2.05) is 6.92 Å². The molecule has 1 heterocycles. The third kappa shape index (κ3) is 1.92. The summed E-state index contributed by atoms with van der Waals surface area (Å²) in [4.78, 5) is 9.26. The molecule has 2 heteroatoms. The molecule has 0 bridgehead atoms. The van der Waals surface area contributed by atoms with Gasteiger partial charge in [-0.2, -0.15) is 0 Å². The van der Waals surface area contributed by atoms with Gasteiger partial charge in [-0.05, 0) is 37.0 Å². The summed E-state index contributed by atoms with van der Waals surface area (Å²) in [6.07, 6.45) is 0.945. The number of hydrogen-bond donors (Lipinski definition) is 0. The largest absolute Gasteiger partial charge is 0.250 e. The van der Waals surface area contributed by atoms with Gasteiger partial charge in [0.05, 0.1) is 22.4 Å². The van der Waals surface area contributed by atoms with Gasteiger partial charge in [0.15, 0.2) is 0 Å². The van der Waals surface area contributed by atoms with E-state index in [2.05, 4.69) is 48.9 Å². The molecule has 0 fully saturated rings. The fourth-order valence-corrected chi connectivity index (χ4v) is 1.89. The minimum Gasteiger partial charge on any atom is -0.250 e. The fraction of sp³-hybridized carbons (Fsp3) is 0.429. The number of benzene rings is 1. The number of hydrogen-bond acceptors (Lipinski definition) is 2. The lowest BCUT2D eigenvalue weighted by Crippen LogP contribution is -1.98. The number of nitrogens with zero attached hydrogens (tertiary/aromatic N) is 2. The van der Waals surface area contributed by atoms with E-state index in [-0.39, 0.29) is 0 Å². The molecule has 2 aromatic rings. The average molecular weight is 214 g/mol. The van der Waals surface area contributed by atoms with E-state index < -0.39 is 0 Å². The molecular weight excluding hydrogens is 196 g/mol. The van der Waals surface area contributed by atoms with Crippen LogP contribution in [0.4, 0.5) is 0 Å². The Bertz CT molecular complexity index is 515. The van der Waals surface area contributed by atoms with Crippen molar-refractivity contribution in [3.05, 3.63) is 35.2 Å². The lowest BCUT2D eigenvalue weighted by molar-refractivity contribution is 0.867. The second-order valence-corrected chi connectivity index (χ2v) is 4.51. The Labute approximate surface area is 96.7 Å². The van der Waals surface area contributed by atoms with Gasteiger partial charge in [0.1, 0.15) is 0 Å². The van der Waals surface area contributed by atoms with Crippen LogP contribution in [0.25, 0.3) is 11.0 Å². The van der Waals surface area contributed by atoms with Crippen molar-refractivity contribution in [3.8, 4) is 0 Å². The standard InChI is InChI=1S/C14H18N2/c1-5-12-10(4)15-13-7-6-11(9(2)3)8-14(13)16-12/h6-9H,5H2,1-4H3. The maximum absolute atomic E-state index is 4.67. The highest BCUT2D eigenvalue weighted by Gasteiger charge is 2.05. The summed E-state index contributed by atoms with van der Waals surface area (Å²) in [5.41, 5.74) is 5.50. The second kappa shape index (κ2) is 4.20. The topological polar surface area (TPSA) is 25.8 Å². The Morgan fingerprint density at radius 2 is 1.88 bits per heavy atom. The molecule has 0 saturated carbocycles. The van der Waals surface area contributed by atoms with Crippen LogP contribution in [0.2, 0.25) is 0 Å². The molecule has 2 rings (SSSR count). The first kappa shape index (κ1) is 11.1. The number of rotatable bonds is 2. The van der Waals surface area contributed by atoms with Gasteiger partial charge in [-0.25, -0.2) is 9.97 Å². The van der Waals surface area contributed by atoms with Gasteiger partial charge in [0, 0.05) is 0 Å². The third-order valence-electron chi connectivity index (χ3n) is 2.96. The zero-order valence-corrected chi connectivity index (χ0v) is 10.4. The quantitative estimate of drug-likeness (QED) is 0.763. The molecule has 0 atom stereocenters. The van der Waals surface area contributed by atoms with E-state index in [9.17, 15) is 0 Å². The first-order valence-electron chi connectivity index (χ1n) is 5.89. The van der Waals surface area contributed by atoms with E-state index in [4.69, 9.17) is 0 Å². The molecule has 84 valence electrons. The van der Waals surface area contributed by atoms with Crippen LogP contribution in [0.3, 0.4) is 0 Å². The highest BCUT2D eigenvalue weighted by atomic mass is 14.8. The first-order valence-corrected chi connectivity index (χ1v) is 5.89. The Kier molecular flexibility index (Phi) is 2.90.